The van der Waals surface area contributed by atoms with Crippen LogP contribution in [-0.2, 0) is 5.41 Å². The van der Waals surface area contributed by atoms with Crippen LogP contribution in [-0.4, -0.2) is 9.97 Å². The fourth-order valence-electron chi connectivity index (χ4n) is 1.83. The third-order valence-electron chi connectivity index (χ3n) is 2.83. The highest BCUT2D eigenvalue weighted by atomic mass is 79.9. The molecule has 0 unspecified atom stereocenters. The highest BCUT2D eigenvalue weighted by molar-refractivity contribution is 9.10. The van der Waals surface area contributed by atoms with E-state index in [1.165, 1.54) is 5.56 Å². The summed E-state index contributed by atoms with van der Waals surface area (Å²) in [4.78, 5) is 7.99. The summed E-state index contributed by atoms with van der Waals surface area (Å²) in [6.07, 6.45) is 1.58. The summed E-state index contributed by atoms with van der Waals surface area (Å²) in [6.45, 7) is 8.51. The zero-order chi connectivity index (χ0) is 14.9. The smallest absolute Gasteiger partial charge is 0.237 e. The number of rotatable bonds is 2. The molecular weight excluding hydrogens is 340 g/mol. The Morgan fingerprint density at radius 2 is 1.95 bits per heavy atom. The van der Waals surface area contributed by atoms with Crippen molar-refractivity contribution in [3.05, 3.63) is 45.3 Å². The molecule has 0 amide bonds. The van der Waals surface area contributed by atoms with E-state index in [0.29, 0.717) is 10.4 Å². The highest BCUT2D eigenvalue weighted by Crippen LogP contribution is 2.36. The van der Waals surface area contributed by atoms with Gasteiger partial charge in [-0.15, -0.1) is 0 Å². The van der Waals surface area contributed by atoms with Gasteiger partial charge < -0.3 is 4.74 Å². The van der Waals surface area contributed by atoms with Crippen LogP contribution in [0.15, 0.2) is 28.9 Å². The molecule has 3 nitrogen and oxygen atoms in total. The second-order valence-corrected chi connectivity index (χ2v) is 6.84. The van der Waals surface area contributed by atoms with E-state index in [4.69, 9.17) is 16.3 Å². The van der Waals surface area contributed by atoms with Gasteiger partial charge in [-0.25, -0.2) is 4.98 Å². The largest absolute Gasteiger partial charge is 0.437 e. The lowest BCUT2D eigenvalue weighted by Gasteiger charge is -2.23. The Balaban J connectivity index is 2.46. The SMILES string of the molecule is Cc1ccc(Oc2nc(Cl)ncc2Br)c(C(C)(C)C)c1. The van der Waals surface area contributed by atoms with Gasteiger partial charge in [0.2, 0.25) is 11.2 Å². The number of benzene rings is 1. The summed E-state index contributed by atoms with van der Waals surface area (Å²) >= 11 is 9.18. The molecule has 0 saturated carbocycles. The van der Waals surface area contributed by atoms with Crippen molar-refractivity contribution in [2.24, 2.45) is 0 Å². The Labute approximate surface area is 132 Å². The number of ether oxygens (including phenoxy) is 1. The van der Waals surface area contributed by atoms with E-state index in [1.54, 1.807) is 6.20 Å². The Morgan fingerprint density at radius 3 is 2.60 bits per heavy atom. The summed E-state index contributed by atoms with van der Waals surface area (Å²) in [7, 11) is 0. The van der Waals surface area contributed by atoms with Crippen LogP contribution >= 0.6 is 27.5 Å². The maximum Gasteiger partial charge on any atom is 0.237 e. The molecule has 5 heteroatoms. The van der Waals surface area contributed by atoms with E-state index in [2.05, 4.69) is 59.7 Å². The first kappa shape index (κ1) is 15.3. The van der Waals surface area contributed by atoms with Gasteiger partial charge in [-0.3, -0.25) is 0 Å². The van der Waals surface area contributed by atoms with Gasteiger partial charge in [-0.2, -0.15) is 4.98 Å². The first-order chi connectivity index (χ1) is 9.27. The first-order valence-corrected chi connectivity index (χ1v) is 7.41. The molecule has 2 rings (SSSR count). The zero-order valence-electron chi connectivity index (χ0n) is 11.9. The van der Waals surface area contributed by atoms with Crippen molar-refractivity contribution in [2.45, 2.75) is 33.1 Å². The summed E-state index contributed by atoms with van der Waals surface area (Å²) < 4.78 is 6.59. The minimum Gasteiger partial charge on any atom is -0.437 e. The Kier molecular flexibility index (Phi) is 4.35. The van der Waals surface area contributed by atoms with Crippen molar-refractivity contribution < 1.29 is 4.74 Å². The molecule has 0 N–H and O–H groups in total. The maximum atomic E-state index is 5.92. The quantitative estimate of drug-likeness (QED) is 0.686. The molecule has 1 aromatic carbocycles. The van der Waals surface area contributed by atoms with Gasteiger partial charge in [0, 0.05) is 11.8 Å². The van der Waals surface area contributed by atoms with Crippen molar-refractivity contribution >= 4 is 27.5 Å². The fourth-order valence-corrected chi connectivity index (χ4v) is 2.22. The molecule has 0 saturated heterocycles. The third kappa shape index (κ3) is 3.49. The fraction of sp³-hybridized carbons (Fsp3) is 0.333. The van der Waals surface area contributed by atoms with Gasteiger partial charge in [0.1, 0.15) is 5.75 Å². The summed E-state index contributed by atoms with van der Waals surface area (Å²) in [5, 5.41) is 0.160. The number of nitrogens with zero attached hydrogens (tertiary/aromatic N) is 2. The van der Waals surface area contributed by atoms with Gasteiger partial charge in [-0.1, -0.05) is 38.5 Å². The molecule has 0 bridgehead atoms. The number of aromatic nitrogens is 2. The molecule has 2 aromatic rings. The number of hydrogen-bond acceptors (Lipinski definition) is 3. The standard InChI is InChI=1S/C15H16BrClN2O/c1-9-5-6-12(10(7-9)15(2,3)4)20-13-11(16)8-18-14(17)19-13/h5-8H,1-4H3. The Hall–Kier alpha value is -1.13. The molecule has 0 aliphatic carbocycles. The van der Waals surface area contributed by atoms with Gasteiger partial charge in [0.05, 0.1) is 4.47 Å². The lowest BCUT2D eigenvalue weighted by molar-refractivity contribution is 0.436. The molecule has 1 heterocycles. The molecule has 0 radical (unpaired) electrons. The van der Waals surface area contributed by atoms with Gasteiger partial charge in [0.25, 0.3) is 0 Å². The van der Waals surface area contributed by atoms with Gasteiger partial charge >= 0.3 is 0 Å². The van der Waals surface area contributed by atoms with Crippen LogP contribution < -0.4 is 4.74 Å². The Morgan fingerprint density at radius 1 is 1.25 bits per heavy atom. The lowest BCUT2D eigenvalue weighted by Crippen LogP contribution is -2.13. The maximum absolute atomic E-state index is 5.92. The monoisotopic (exact) mass is 354 g/mol. The van der Waals surface area contributed by atoms with Gasteiger partial charge in [0.15, 0.2) is 0 Å². The van der Waals surface area contributed by atoms with E-state index in [-0.39, 0.29) is 10.7 Å². The average Bonchev–Trinajstić information content (AvgIpc) is 2.34. The van der Waals surface area contributed by atoms with Crippen LogP contribution in [0.1, 0.15) is 31.9 Å². The minimum atomic E-state index is -0.0232. The van der Waals surface area contributed by atoms with Crippen molar-refractivity contribution in [1.82, 2.24) is 9.97 Å². The predicted octanol–water partition coefficient (Wildman–Crippen LogP) is 5.29. The van der Waals surface area contributed by atoms with Crippen LogP contribution in [0, 0.1) is 6.92 Å². The number of hydrogen-bond donors (Lipinski definition) is 0. The van der Waals surface area contributed by atoms with Gasteiger partial charge in [-0.05, 0) is 45.9 Å². The number of halogens is 2. The highest BCUT2D eigenvalue weighted by Gasteiger charge is 2.20. The summed E-state index contributed by atoms with van der Waals surface area (Å²) in [5.74, 6) is 1.19. The van der Waals surface area contributed by atoms with E-state index in [1.807, 2.05) is 12.1 Å². The van der Waals surface area contributed by atoms with Crippen LogP contribution in [0.4, 0.5) is 0 Å². The Bertz CT molecular complexity index is 638. The topological polar surface area (TPSA) is 35.0 Å². The molecule has 0 aliphatic rings. The number of aryl methyl sites for hydroxylation is 1. The van der Waals surface area contributed by atoms with Crippen molar-refractivity contribution in [3.8, 4) is 11.6 Å². The first-order valence-electron chi connectivity index (χ1n) is 6.24. The average molecular weight is 356 g/mol. The minimum absolute atomic E-state index is 0.0232. The third-order valence-corrected chi connectivity index (χ3v) is 3.56. The van der Waals surface area contributed by atoms with Crippen LogP contribution in [0.2, 0.25) is 5.28 Å². The predicted molar refractivity (Wildman–Crippen MR) is 84.7 cm³/mol. The van der Waals surface area contributed by atoms with E-state index >= 15 is 0 Å². The molecule has 0 atom stereocenters. The van der Waals surface area contributed by atoms with Crippen LogP contribution in [0.25, 0.3) is 0 Å². The lowest BCUT2D eigenvalue weighted by atomic mass is 9.85. The van der Waals surface area contributed by atoms with Crippen molar-refractivity contribution in [1.29, 1.82) is 0 Å². The van der Waals surface area contributed by atoms with E-state index in [0.717, 1.165) is 11.3 Å². The van der Waals surface area contributed by atoms with Crippen molar-refractivity contribution in [2.75, 3.05) is 0 Å². The normalized spacial score (nSPS) is 11.5. The summed E-state index contributed by atoms with van der Waals surface area (Å²) in [5.41, 5.74) is 2.30. The molecule has 1 aromatic heterocycles. The molecule has 106 valence electrons. The molecule has 0 spiro atoms. The summed E-state index contributed by atoms with van der Waals surface area (Å²) in [6, 6.07) is 6.10. The van der Waals surface area contributed by atoms with Crippen LogP contribution in [0.3, 0.4) is 0 Å². The molecule has 20 heavy (non-hydrogen) atoms. The van der Waals surface area contributed by atoms with Crippen molar-refractivity contribution in [3.63, 3.8) is 0 Å². The molecule has 0 aliphatic heterocycles. The molecule has 0 fully saturated rings. The van der Waals surface area contributed by atoms with E-state index < -0.39 is 0 Å². The molecular formula is C15H16BrClN2O. The second-order valence-electron chi connectivity index (χ2n) is 5.64. The second kappa shape index (κ2) is 5.70. The zero-order valence-corrected chi connectivity index (χ0v) is 14.2. The van der Waals surface area contributed by atoms with E-state index in [9.17, 15) is 0 Å². The van der Waals surface area contributed by atoms with Crippen LogP contribution in [0.5, 0.6) is 11.6 Å².